The lowest BCUT2D eigenvalue weighted by atomic mass is 10.2. The van der Waals surface area contributed by atoms with Crippen molar-refractivity contribution in [1.29, 1.82) is 0 Å². The summed E-state index contributed by atoms with van der Waals surface area (Å²) in [7, 11) is 1.30. The molecule has 2 aromatic carbocycles. The van der Waals surface area contributed by atoms with Crippen LogP contribution in [0.15, 0.2) is 48.5 Å². The van der Waals surface area contributed by atoms with Crippen LogP contribution in [0.5, 0.6) is 0 Å². The first-order valence-corrected chi connectivity index (χ1v) is 7.49. The first-order chi connectivity index (χ1) is 11.6. The SMILES string of the molecule is COC(=O)c1ccc(NC(=O)C(=O)N2CCc3ccccc32)cc1. The van der Waals surface area contributed by atoms with Gasteiger partial charge in [0.25, 0.3) is 0 Å². The predicted octanol–water partition coefficient (Wildman–Crippen LogP) is 2.00. The molecule has 0 aliphatic carbocycles. The van der Waals surface area contributed by atoms with Crippen molar-refractivity contribution in [3.63, 3.8) is 0 Å². The molecule has 0 unspecified atom stereocenters. The zero-order valence-electron chi connectivity index (χ0n) is 13.1. The summed E-state index contributed by atoms with van der Waals surface area (Å²) in [5, 5.41) is 2.55. The number of anilines is 2. The molecule has 2 aromatic rings. The number of nitrogens with zero attached hydrogens (tertiary/aromatic N) is 1. The Hall–Kier alpha value is -3.15. The van der Waals surface area contributed by atoms with E-state index in [9.17, 15) is 14.4 Å². The van der Waals surface area contributed by atoms with Crippen LogP contribution in [-0.4, -0.2) is 31.4 Å². The van der Waals surface area contributed by atoms with Gasteiger partial charge in [-0.1, -0.05) is 18.2 Å². The highest BCUT2D eigenvalue weighted by molar-refractivity contribution is 6.44. The Bertz CT molecular complexity index is 799. The maximum atomic E-state index is 12.4. The molecule has 0 bridgehead atoms. The molecule has 0 radical (unpaired) electrons. The molecule has 0 fully saturated rings. The van der Waals surface area contributed by atoms with Crippen LogP contribution < -0.4 is 10.2 Å². The van der Waals surface area contributed by atoms with Crippen molar-refractivity contribution in [2.75, 3.05) is 23.9 Å². The van der Waals surface area contributed by atoms with E-state index >= 15 is 0 Å². The predicted molar refractivity (Wildman–Crippen MR) is 88.9 cm³/mol. The monoisotopic (exact) mass is 324 g/mol. The van der Waals surface area contributed by atoms with Crippen LogP contribution in [0.4, 0.5) is 11.4 Å². The number of carbonyl (C=O) groups excluding carboxylic acids is 3. The second-order valence-corrected chi connectivity index (χ2v) is 5.36. The molecule has 2 amide bonds. The Labute approximate surface area is 139 Å². The van der Waals surface area contributed by atoms with Gasteiger partial charge in [0.1, 0.15) is 0 Å². The number of esters is 1. The van der Waals surface area contributed by atoms with Crippen molar-refractivity contribution in [2.24, 2.45) is 0 Å². The molecule has 6 heteroatoms. The van der Waals surface area contributed by atoms with Crippen molar-refractivity contribution in [2.45, 2.75) is 6.42 Å². The number of nitrogens with one attached hydrogen (secondary N) is 1. The number of carbonyl (C=O) groups is 3. The first kappa shape index (κ1) is 15.7. The number of fused-ring (bicyclic) bond motifs is 1. The molecule has 0 saturated heterocycles. The molecule has 0 aromatic heterocycles. The van der Waals surface area contributed by atoms with Crippen LogP contribution in [0.25, 0.3) is 0 Å². The standard InChI is InChI=1S/C18H16N2O4/c1-24-18(23)13-6-8-14(9-7-13)19-16(21)17(22)20-11-10-12-4-2-3-5-15(12)20/h2-9H,10-11H2,1H3,(H,19,21). The minimum atomic E-state index is -0.711. The number of hydrogen-bond acceptors (Lipinski definition) is 4. The maximum absolute atomic E-state index is 12.4. The lowest BCUT2D eigenvalue weighted by Gasteiger charge is -2.16. The van der Waals surface area contributed by atoms with Crippen molar-refractivity contribution in [3.8, 4) is 0 Å². The Balaban J connectivity index is 1.69. The van der Waals surface area contributed by atoms with E-state index in [1.165, 1.54) is 24.1 Å². The molecular weight excluding hydrogens is 308 g/mol. The van der Waals surface area contributed by atoms with Crippen LogP contribution in [0, 0.1) is 0 Å². The lowest BCUT2D eigenvalue weighted by molar-refractivity contribution is -0.134. The van der Waals surface area contributed by atoms with Gasteiger partial charge in [0.2, 0.25) is 0 Å². The number of amides is 2. The summed E-state index contributed by atoms with van der Waals surface area (Å²) in [4.78, 5) is 37.4. The molecule has 1 N–H and O–H groups in total. The van der Waals surface area contributed by atoms with E-state index in [0.29, 0.717) is 17.8 Å². The van der Waals surface area contributed by atoms with Crippen molar-refractivity contribution < 1.29 is 19.1 Å². The number of hydrogen-bond donors (Lipinski definition) is 1. The molecule has 122 valence electrons. The topological polar surface area (TPSA) is 75.7 Å². The molecule has 1 aliphatic rings. The Morgan fingerprint density at radius 2 is 1.75 bits per heavy atom. The van der Waals surface area contributed by atoms with E-state index in [1.54, 1.807) is 12.1 Å². The third kappa shape index (κ3) is 2.99. The van der Waals surface area contributed by atoms with Gasteiger partial charge in [0, 0.05) is 17.9 Å². The summed E-state index contributed by atoms with van der Waals surface area (Å²) in [5.74, 6) is -1.77. The molecule has 24 heavy (non-hydrogen) atoms. The zero-order chi connectivity index (χ0) is 17.1. The van der Waals surface area contributed by atoms with Gasteiger partial charge in [0.15, 0.2) is 0 Å². The first-order valence-electron chi connectivity index (χ1n) is 7.49. The Morgan fingerprint density at radius 3 is 2.46 bits per heavy atom. The molecule has 0 atom stereocenters. The molecule has 0 spiro atoms. The average molecular weight is 324 g/mol. The minimum absolute atomic E-state index is 0.371. The average Bonchev–Trinajstić information content (AvgIpc) is 3.05. The fraction of sp³-hybridized carbons (Fsp3) is 0.167. The number of benzene rings is 2. The van der Waals surface area contributed by atoms with E-state index in [4.69, 9.17) is 0 Å². The molecule has 3 rings (SSSR count). The highest BCUT2D eigenvalue weighted by Crippen LogP contribution is 2.27. The normalized spacial score (nSPS) is 12.5. The fourth-order valence-corrected chi connectivity index (χ4v) is 2.66. The molecular formula is C18H16N2O4. The quantitative estimate of drug-likeness (QED) is 0.677. The second-order valence-electron chi connectivity index (χ2n) is 5.36. The van der Waals surface area contributed by atoms with Gasteiger partial charge in [-0.15, -0.1) is 0 Å². The lowest BCUT2D eigenvalue weighted by Crippen LogP contribution is -2.38. The van der Waals surface area contributed by atoms with E-state index < -0.39 is 17.8 Å². The molecule has 0 saturated carbocycles. The summed E-state index contributed by atoms with van der Waals surface area (Å²) >= 11 is 0. The van der Waals surface area contributed by atoms with Crippen molar-refractivity contribution in [1.82, 2.24) is 0 Å². The summed E-state index contributed by atoms with van der Waals surface area (Å²) in [6.07, 6.45) is 0.739. The fourth-order valence-electron chi connectivity index (χ4n) is 2.66. The van der Waals surface area contributed by atoms with E-state index in [2.05, 4.69) is 10.1 Å². The number of rotatable bonds is 2. The van der Waals surface area contributed by atoms with Crippen molar-refractivity contribution >= 4 is 29.2 Å². The number of methoxy groups -OCH3 is 1. The van der Waals surface area contributed by atoms with Crippen LogP contribution >= 0.6 is 0 Å². The van der Waals surface area contributed by atoms with E-state index in [-0.39, 0.29) is 0 Å². The van der Waals surface area contributed by atoms with Gasteiger partial charge in [-0.3, -0.25) is 9.59 Å². The van der Waals surface area contributed by atoms with Crippen LogP contribution in [-0.2, 0) is 20.7 Å². The highest BCUT2D eigenvalue weighted by Gasteiger charge is 2.28. The Morgan fingerprint density at radius 1 is 1.04 bits per heavy atom. The van der Waals surface area contributed by atoms with Crippen LogP contribution in [0.1, 0.15) is 15.9 Å². The van der Waals surface area contributed by atoms with Gasteiger partial charge in [0.05, 0.1) is 12.7 Å². The van der Waals surface area contributed by atoms with Crippen LogP contribution in [0.3, 0.4) is 0 Å². The van der Waals surface area contributed by atoms with Crippen LogP contribution in [0.2, 0.25) is 0 Å². The molecule has 6 nitrogen and oxygen atoms in total. The summed E-state index contributed by atoms with van der Waals surface area (Å²) < 4.78 is 4.61. The van der Waals surface area contributed by atoms with Gasteiger partial charge in [-0.2, -0.15) is 0 Å². The summed E-state index contributed by atoms with van der Waals surface area (Å²) in [5.41, 5.74) is 2.64. The van der Waals surface area contributed by atoms with E-state index in [1.807, 2.05) is 24.3 Å². The van der Waals surface area contributed by atoms with Gasteiger partial charge >= 0.3 is 17.8 Å². The van der Waals surface area contributed by atoms with Crippen molar-refractivity contribution in [3.05, 3.63) is 59.7 Å². The minimum Gasteiger partial charge on any atom is -0.465 e. The molecule has 1 heterocycles. The Kier molecular flexibility index (Phi) is 4.29. The smallest absolute Gasteiger partial charge is 0.337 e. The molecule has 1 aliphatic heterocycles. The number of ether oxygens (including phenoxy) is 1. The second kappa shape index (κ2) is 6.54. The third-order valence-corrected chi connectivity index (χ3v) is 3.89. The largest absolute Gasteiger partial charge is 0.465 e. The van der Waals surface area contributed by atoms with Gasteiger partial charge in [-0.25, -0.2) is 4.79 Å². The third-order valence-electron chi connectivity index (χ3n) is 3.89. The zero-order valence-corrected chi connectivity index (χ0v) is 13.1. The number of para-hydroxylation sites is 1. The van der Waals surface area contributed by atoms with Gasteiger partial charge < -0.3 is 15.0 Å². The van der Waals surface area contributed by atoms with E-state index in [0.717, 1.165) is 17.7 Å². The summed E-state index contributed by atoms with van der Waals surface area (Å²) in [6.45, 7) is 0.493. The van der Waals surface area contributed by atoms with Gasteiger partial charge in [-0.05, 0) is 42.3 Å². The highest BCUT2D eigenvalue weighted by atomic mass is 16.5. The maximum Gasteiger partial charge on any atom is 0.337 e. The summed E-state index contributed by atoms with van der Waals surface area (Å²) in [6, 6.07) is 13.7.